The minimum absolute atomic E-state index is 0.0155. The Bertz CT molecular complexity index is 937. The molecule has 0 amide bonds. The molecule has 1 aromatic heterocycles. The monoisotopic (exact) mass is 428 g/mol. The number of thiocarbonyl (C=S) groups is 1. The summed E-state index contributed by atoms with van der Waals surface area (Å²) in [6.45, 7) is 2.21. The summed E-state index contributed by atoms with van der Waals surface area (Å²) in [6.07, 6.45) is 3.61. The Morgan fingerprint density at radius 2 is 1.88 bits per heavy atom. The number of nitrogens with one attached hydrogen (secondary N) is 2. The molecule has 0 aliphatic carbocycles. The molecule has 0 fully saturated rings. The normalized spacial score (nSPS) is 10.4. The first kappa shape index (κ1) is 18.3. The lowest BCUT2D eigenvalue weighted by atomic mass is 10.1. The Hall–Kier alpha value is -2.51. The van der Waals surface area contributed by atoms with Crippen molar-refractivity contribution in [1.82, 2.24) is 9.78 Å². The Balaban J connectivity index is 1.60. The van der Waals surface area contributed by atoms with Gasteiger partial charge in [0, 0.05) is 21.9 Å². The van der Waals surface area contributed by atoms with E-state index >= 15 is 0 Å². The molecule has 0 unspecified atom stereocenters. The van der Waals surface area contributed by atoms with Crippen molar-refractivity contribution in [3.8, 4) is 0 Å². The first-order chi connectivity index (χ1) is 12.5. The molecule has 0 atom stereocenters. The van der Waals surface area contributed by atoms with Crippen LogP contribution in [0.15, 0.2) is 65.4 Å². The van der Waals surface area contributed by atoms with Gasteiger partial charge in [-0.15, -0.1) is 0 Å². The first-order valence-corrected chi connectivity index (χ1v) is 9.15. The van der Waals surface area contributed by atoms with Crippen molar-refractivity contribution in [3.63, 3.8) is 0 Å². The van der Waals surface area contributed by atoms with Gasteiger partial charge in [-0.2, -0.15) is 5.10 Å². The van der Waals surface area contributed by atoms with Gasteiger partial charge in [0.15, 0.2) is 10.9 Å². The van der Waals surface area contributed by atoms with Crippen molar-refractivity contribution in [2.45, 2.75) is 13.5 Å². The second kappa shape index (κ2) is 8.25. The zero-order chi connectivity index (χ0) is 18.5. The van der Waals surface area contributed by atoms with Gasteiger partial charge in [-0.25, -0.2) is 0 Å². The third kappa shape index (κ3) is 5.00. The number of benzene rings is 2. The lowest BCUT2D eigenvalue weighted by Crippen LogP contribution is -2.19. The van der Waals surface area contributed by atoms with Crippen LogP contribution < -0.4 is 10.6 Å². The molecule has 0 saturated carbocycles. The molecule has 0 saturated heterocycles. The molecule has 2 N–H and O–H groups in total. The lowest BCUT2D eigenvalue weighted by Gasteiger charge is -2.09. The summed E-state index contributed by atoms with van der Waals surface area (Å²) in [7, 11) is 0. The summed E-state index contributed by atoms with van der Waals surface area (Å²) >= 11 is 8.76. The number of hydrogen-bond acceptors (Lipinski definition) is 3. The standard InChI is InChI=1S/C19H17BrN4OS/c1-13(25)15-3-2-4-17(9-15)22-19(26)23-18-10-21-24(12-18)11-14-5-7-16(20)8-6-14/h2-10,12H,11H2,1H3,(H2,22,23,26). The average Bonchev–Trinajstić information content (AvgIpc) is 3.04. The maximum Gasteiger partial charge on any atom is 0.175 e. The van der Waals surface area contributed by atoms with Crippen molar-refractivity contribution in [2.24, 2.45) is 0 Å². The maximum atomic E-state index is 11.5. The Kier molecular flexibility index (Phi) is 5.80. The van der Waals surface area contributed by atoms with Gasteiger partial charge in [0.25, 0.3) is 0 Å². The number of anilines is 2. The highest BCUT2D eigenvalue weighted by atomic mass is 79.9. The molecular formula is C19H17BrN4OS. The first-order valence-electron chi connectivity index (χ1n) is 7.95. The van der Waals surface area contributed by atoms with Crippen LogP contribution in [0.4, 0.5) is 11.4 Å². The predicted octanol–water partition coefficient (Wildman–Crippen LogP) is 4.71. The lowest BCUT2D eigenvalue weighted by molar-refractivity contribution is 0.101. The predicted molar refractivity (Wildman–Crippen MR) is 112 cm³/mol. The number of hydrogen-bond donors (Lipinski definition) is 2. The van der Waals surface area contributed by atoms with Crippen molar-refractivity contribution >= 4 is 50.4 Å². The van der Waals surface area contributed by atoms with E-state index in [0.717, 1.165) is 21.4 Å². The van der Waals surface area contributed by atoms with Crippen LogP contribution in [0, 0.1) is 0 Å². The highest BCUT2D eigenvalue weighted by Crippen LogP contribution is 2.14. The fraction of sp³-hybridized carbons (Fsp3) is 0.105. The SMILES string of the molecule is CC(=O)c1cccc(NC(=S)Nc2cnn(Cc3ccc(Br)cc3)c2)c1. The Morgan fingerprint density at radius 3 is 2.62 bits per heavy atom. The third-order valence-electron chi connectivity index (χ3n) is 3.68. The molecule has 0 aliphatic heterocycles. The number of halogens is 1. The van der Waals surface area contributed by atoms with Gasteiger partial charge < -0.3 is 10.6 Å². The molecule has 5 nitrogen and oxygen atoms in total. The van der Waals surface area contributed by atoms with E-state index in [9.17, 15) is 4.79 Å². The topological polar surface area (TPSA) is 59.0 Å². The minimum atomic E-state index is 0.0155. The van der Waals surface area contributed by atoms with Crippen molar-refractivity contribution in [3.05, 3.63) is 76.5 Å². The van der Waals surface area contributed by atoms with Crippen LogP contribution in [0.25, 0.3) is 0 Å². The van der Waals surface area contributed by atoms with Gasteiger partial charge in [-0.05, 0) is 49.0 Å². The van der Waals surface area contributed by atoms with Crippen LogP contribution >= 0.6 is 28.1 Å². The average molecular weight is 429 g/mol. The van der Waals surface area contributed by atoms with Crippen molar-refractivity contribution in [2.75, 3.05) is 10.6 Å². The maximum absolute atomic E-state index is 11.5. The van der Waals surface area contributed by atoms with Crippen LogP contribution in [-0.2, 0) is 6.54 Å². The summed E-state index contributed by atoms with van der Waals surface area (Å²) in [6, 6.07) is 15.3. The molecule has 132 valence electrons. The van der Waals surface area contributed by atoms with Crippen LogP contribution in [0.2, 0.25) is 0 Å². The Labute approximate surface area is 165 Å². The van der Waals surface area contributed by atoms with Crippen LogP contribution in [0.1, 0.15) is 22.8 Å². The number of carbonyl (C=O) groups is 1. The number of nitrogens with zero attached hydrogens (tertiary/aromatic N) is 2. The molecule has 1 heterocycles. The van der Waals surface area contributed by atoms with E-state index in [2.05, 4.69) is 31.7 Å². The number of aromatic nitrogens is 2. The zero-order valence-electron chi connectivity index (χ0n) is 14.1. The number of rotatable bonds is 5. The number of carbonyl (C=O) groups excluding carboxylic acids is 1. The second-order valence-corrected chi connectivity index (χ2v) is 7.09. The summed E-state index contributed by atoms with van der Waals surface area (Å²) < 4.78 is 2.89. The number of ketones is 1. The molecule has 26 heavy (non-hydrogen) atoms. The summed E-state index contributed by atoms with van der Waals surface area (Å²) in [5, 5.41) is 11.0. The molecule has 0 spiro atoms. The molecule has 0 bridgehead atoms. The van der Waals surface area contributed by atoms with Gasteiger partial charge in [-0.1, -0.05) is 40.2 Å². The fourth-order valence-electron chi connectivity index (χ4n) is 2.40. The van der Waals surface area contributed by atoms with E-state index in [1.165, 1.54) is 6.92 Å². The highest BCUT2D eigenvalue weighted by Gasteiger charge is 2.05. The van der Waals surface area contributed by atoms with Gasteiger partial charge in [-0.3, -0.25) is 9.48 Å². The van der Waals surface area contributed by atoms with Gasteiger partial charge >= 0.3 is 0 Å². The zero-order valence-corrected chi connectivity index (χ0v) is 16.5. The van der Waals surface area contributed by atoms with E-state index in [1.807, 2.05) is 47.3 Å². The molecule has 0 aliphatic rings. The smallest absolute Gasteiger partial charge is 0.175 e. The van der Waals surface area contributed by atoms with E-state index in [4.69, 9.17) is 12.2 Å². The third-order valence-corrected chi connectivity index (χ3v) is 4.41. The molecule has 0 radical (unpaired) electrons. The highest BCUT2D eigenvalue weighted by molar-refractivity contribution is 9.10. The van der Waals surface area contributed by atoms with E-state index in [0.29, 0.717) is 17.2 Å². The largest absolute Gasteiger partial charge is 0.332 e. The molecule has 7 heteroatoms. The summed E-state index contributed by atoms with van der Waals surface area (Å²) in [5.41, 5.74) is 3.35. The minimum Gasteiger partial charge on any atom is -0.332 e. The fourth-order valence-corrected chi connectivity index (χ4v) is 2.90. The quantitative estimate of drug-likeness (QED) is 0.455. The van der Waals surface area contributed by atoms with E-state index in [-0.39, 0.29) is 5.78 Å². The second-order valence-electron chi connectivity index (χ2n) is 5.77. The molecular weight excluding hydrogens is 412 g/mol. The number of Topliss-reactive ketones (excluding diaryl/α,β-unsaturated/α-hetero) is 1. The summed E-state index contributed by atoms with van der Waals surface area (Å²) in [5.74, 6) is 0.0155. The molecule has 2 aromatic carbocycles. The van der Waals surface area contributed by atoms with Gasteiger partial charge in [0.05, 0.1) is 18.4 Å². The van der Waals surface area contributed by atoms with Crippen LogP contribution in [-0.4, -0.2) is 20.7 Å². The van der Waals surface area contributed by atoms with Gasteiger partial charge in [0.2, 0.25) is 0 Å². The van der Waals surface area contributed by atoms with Crippen LogP contribution in [0.3, 0.4) is 0 Å². The van der Waals surface area contributed by atoms with Crippen LogP contribution in [0.5, 0.6) is 0 Å². The Morgan fingerprint density at radius 1 is 1.15 bits per heavy atom. The molecule has 3 aromatic rings. The molecule has 3 rings (SSSR count). The van der Waals surface area contributed by atoms with E-state index < -0.39 is 0 Å². The van der Waals surface area contributed by atoms with Crippen molar-refractivity contribution < 1.29 is 4.79 Å². The van der Waals surface area contributed by atoms with Crippen molar-refractivity contribution in [1.29, 1.82) is 0 Å². The van der Waals surface area contributed by atoms with Gasteiger partial charge in [0.1, 0.15) is 0 Å². The van der Waals surface area contributed by atoms with E-state index in [1.54, 1.807) is 18.3 Å². The summed E-state index contributed by atoms with van der Waals surface area (Å²) in [4.78, 5) is 11.5.